The van der Waals surface area contributed by atoms with Crippen molar-refractivity contribution >= 4 is 51.6 Å². The Morgan fingerprint density at radius 2 is 1.88 bits per heavy atom. The average Bonchev–Trinajstić information content (AvgIpc) is 3.00. The fourth-order valence-electron chi connectivity index (χ4n) is 2.85. The Hall–Kier alpha value is -1.80. The van der Waals surface area contributed by atoms with E-state index in [0.717, 1.165) is 34.4 Å². The summed E-state index contributed by atoms with van der Waals surface area (Å²) in [7, 11) is 0. The number of thioether (sulfide) groups is 1. The van der Waals surface area contributed by atoms with Crippen molar-refractivity contribution in [2.45, 2.75) is 13.8 Å². The van der Waals surface area contributed by atoms with Gasteiger partial charge in [-0.2, -0.15) is 0 Å². The summed E-state index contributed by atoms with van der Waals surface area (Å²) in [6, 6.07) is 10.3. The number of benzene rings is 1. The van der Waals surface area contributed by atoms with E-state index in [4.69, 9.17) is 0 Å². The van der Waals surface area contributed by atoms with Crippen molar-refractivity contribution in [2.75, 3.05) is 6.54 Å². The highest BCUT2D eigenvalue weighted by Gasteiger charge is 2.34. The standard InChI is InChI=1S/C19H17IN2O2S/c1-4-9-21-18(23)17(25-19(21)24)11-14-10-12(2)22(13(14)3)16-7-5-15(20)6-8-16/h4-8,10-11H,1,9H2,2-3H3. The van der Waals surface area contributed by atoms with Crippen molar-refractivity contribution in [2.24, 2.45) is 0 Å². The lowest BCUT2D eigenvalue weighted by Crippen LogP contribution is -2.27. The third kappa shape index (κ3) is 3.46. The zero-order chi connectivity index (χ0) is 18.1. The molecule has 1 aliphatic rings. The highest BCUT2D eigenvalue weighted by atomic mass is 127. The van der Waals surface area contributed by atoms with Crippen LogP contribution >= 0.6 is 34.4 Å². The predicted octanol–water partition coefficient (Wildman–Crippen LogP) is 4.92. The van der Waals surface area contributed by atoms with Gasteiger partial charge in [-0.1, -0.05) is 6.08 Å². The number of aromatic nitrogens is 1. The maximum absolute atomic E-state index is 12.4. The lowest BCUT2D eigenvalue weighted by Gasteiger charge is -2.10. The molecule has 6 heteroatoms. The number of halogens is 1. The fraction of sp³-hybridized carbons (Fsp3) is 0.158. The molecule has 0 N–H and O–H groups in total. The van der Waals surface area contributed by atoms with E-state index in [-0.39, 0.29) is 17.7 Å². The Kier molecular flexibility index (Phi) is 5.19. The summed E-state index contributed by atoms with van der Waals surface area (Å²) in [5.41, 5.74) is 4.14. The quantitative estimate of drug-likeness (QED) is 0.367. The number of imide groups is 1. The van der Waals surface area contributed by atoms with Crippen molar-refractivity contribution in [3.05, 3.63) is 68.4 Å². The van der Waals surface area contributed by atoms with Gasteiger partial charge < -0.3 is 4.57 Å². The number of nitrogens with zero attached hydrogens (tertiary/aromatic N) is 2. The molecule has 128 valence electrons. The van der Waals surface area contributed by atoms with Gasteiger partial charge in [-0.05, 0) is 90.2 Å². The number of amides is 2. The lowest BCUT2D eigenvalue weighted by atomic mass is 10.2. The maximum atomic E-state index is 12.4. The number of hydrogen-bond donors (Lipinski definition) is 0. The van der Waals surface area contributed by atoms with E-state index in [1.54, 1.807) is 12.2 Å². The van der Waals surface area contributed by atoms with Crippen LogP contribution in [-0.2, 0) is 4.79 Å². The first-order valence-electron chi connectivity index (χ1n) is 7.73. The van der Waals surface area contributed by atoms with Crippen molar-refractivity contribution in [3.8, 4) is 5.69 Å². The third-order valence-electron chi connectivity index (χ3n) is 4.03. The molecule has 4 nitrogen and oxygen atoms in total. The van der Waals surface area contributed by atoms with Crippen molar-refractivity contribution in [1.82, 2.24) is 9.47 Å². The number of carbonyl (C=O) groups excluding carboxylic acids is 2. The van der Waals surface area contributed by atoms with Crippen molar-refractivity contribution < 1.29 is 9.59 Å². The second-order valence-corrected chi connectivity index (χ2v) is 7.96. The molecule has 2 amide bonds. The Morgan fingerprint density at radius 3 is 2.52 bits per heavy atom. The predicted molar refractivity (Wildman–Crippen MR) is 111 cm³/mol. The Balaban J connectivity index is 1.99. The molecule has 2 heterocycles. The van der Waals surface area contributed by atoms with E-state index in [1.807, 2.05) is 19.9 Å². The summed E-state index contributed by atoms with van der Waals surface area (Å²) < 4.78 is 3.33. The summed E-state index contributed by atoms with van der Waals surface area (Å²) >= 11 is 3.26. The molecule has 0 spiro atoms. The molecule has 0 saturated carbocycles. The molecule has 1 aromatic carbocycles. The molecular weight excluding hydrogens is 447 g/mol. The Bertz CT molecular complexity index is 897. The second-order valence-electron chi connectivity index (χ2n) is 5.72. The van der Waals surface area contributed by atoms with Gasteiger partial charge in [0.25, 0.3) is 11.1 Å². The first kappa shape index (κ1) is 18.0. The van der Waals surface area contributed by atoms with Gasteiger partial charge in [0.1, 0.15) is 0 Å². The number of carbonyl (C=O) groups is 2. The van der Waals surface area contributed by atoms with Crippen LogP contribution in [0.1, 0.15) is 17.0 Å². The molecular formula is C19H17IN2O2S. The minimum absolute atomic E-state index is 0.240. The van der Waals surface area contributed by atoms with Crippen LogP contribution in [0.5, 0.6) is 0 Å². The molecule has 0 atom stereocenters. The van der Waals surface area contributed by atoms with Gasteiger partial charge in [0.05, 0.1) is 4.91 Å². The van der Waals surface area contributed by atoms with E-state index in [0.29, 0.717) is 4.91 Å². The van der Waals surface area contributed by atoms with Crippen LogP contribution in [0.4, 0.5) is 4.79 Å². The molecule has 1 aromatic heterocycles. The Morgan fingerprint density at radius 1 is 1.20 bits per heavy atom. The van der Waals surface area contributed by atoms with Gasteiger partial charge in [0, 0.05) is 27.2 Å². The summed E-state index contributed by atoms with van der Waals surface area (Å²) in [5.74, 6) is -0.256. The number of aryl methyl sites for hydroxylation is 1. The van der Waals surface area contributed by atoms with E-state index in [9.17, 15) is 9.59 Å². The zero-order valence-electron chi connectivity index (χ0n) is 14.0. The topological polar surface area (TPSA) is 42.3 Å². The Labute approximate surface area is 164 Å². The normalized spacial score (nSPS) is 16.1. The minimum atomic E-state index is -0.256. The highest BCUT2D eigenvalue weighted by molar-refractivity contribution is 14.1. The summed E-state index contributed by atoms with van der Waals surface area (Å²) in [6.45, 7) is 7.88. The SMILES string of the molecule is C=CCN1C(=O)SC(=Cc2cc(C)n(-c3ccc(I)cc3)c2C)C1=O. The molecule has 0 unspecified atom stereocenters. The molecule has 3 rings (SSSR count). The van der Waals surface area contributed by atoms with Crippen LogP contribution in [-0.4, -0.2) is 27.2 Å². The molecule has 0 aliphatic carbocycles. The van der Waals surface area contributed by atoms with E-state index >= 15 is 0 Å². The van der Waals surface area contributed by atoms with Crippen LogP contribution in [0, 0.1) is 17.4 Å². The van der Waals surface area contributed by atoms with Gasteiger partial charge in [-0.3, -0.25) is 14.5 Å². The number of hydrogen-bond acceptors (Lipinski definition) is 3. The molecule has 1 saturated heterocycles. The third-order valence-corrected chi connectivity index (χ3v) is 5.65. The highest BCUT2D eigenvalue weighted by Crippen LogP contribution is 2.33. The monoisotopic (exact) mass is 464 g/mol. The van der Waals surface area contributed by atoms with E-state index < -0.39 is 0 Å². The first-order chi connectivity index (χ1) is 11.9. The molecule has 1 fully saturated rings. The van der Waals surface area contributed by atoms with Crippen LogP contribution in [0.25, 0.3) is 11.8 Å². The average molecular weight is 464 g/mol. The van der Waals surface area contributed by atoms with Gasteiger partial charge in [0.2, 0.25) is 0 Å². The fourth-order valence-corrected chi connectivity index (χ4v) is 4.05. The lowest BCUT2D eigenvalue weighted by molar-refractivity contribution is -0.122. The first-order valence-corrected chi connectivity index (χ1v) is 9.63. The molecule has 0 radical (unpaired) electrons. The van der Waals surface area contributed by atoms with E-state index in [2.05, 4.69) is 58.0 Å². The minimum Gasteiger partial charge on any atom is -0.318 e. The van der Waals surface area contributed by atoms with Crippen molar-refractivity contribution in [3.63, 3.8) is 0 Å². The summed E-state index contributed by atoms with van der Waals surface area (Å²) in [4.78, 5) is 26.0. The second kappa shape index (κ2) is 7.21. The van der Waals surface area contributed by atoms with E-state index in [1.165, 1.54) is 8.47 Å². The van der Waals surface area contributed by atoms with Crippen LogP contribution in [0.3, 0.4) is 0 Å². The largest absolute Gasteiger partial charge is 0.318 e. The van der Waals surface area contributed by atoms with Crippen LogP contribution in [0.2, 0.25) is 0 Å². The maximum Gasteiger partial charge on any atom is 0.293 e. The van der Waals surface area contributed by atoms with Gasteiger partial charge in [0.15, 0.2) is 0 Å². The van der Waals surface area contributed by atoms with Crippen LogP contribution in [0.15, 0.2) is 47.9 Å². The zero-order valence-corrected chi connectivity index (χ0v) is 16.9. The van der Waals surface area contributed by atoms with Crippen molar-refractivity contribution in [1.29, 1.82) is 0 Å². The molecule has 2 aromatic rings. The van der Waals surface area contributed by atoms with Gasteiger partial charge >= 0.3 is 0 Å². The van der Waals surface area contributed by atoms with Crippen LogP contribution < -0.4 is 0 Å². The molecule has 1 aliphatic heterocycles. The number of rotatable bonds is 4. The molecule has 0 bridgehead atoms. The summed E-state index contributed by atoms with van der Waals surface area (Å²) in [5, 5.41) is -0.248. The molecule has 25 heavy (non-hydrogen) atoms. The smallest absolute Gasteiger partial charge is 0.293 e. The summed E-state index contributed by atoms with van der Waals surface area (Å²) in [6.07, 6.45) is 3.36. The van der Waals surface area contributed by atoms with Gasteiger partial charge in [-0.15, -0.1) is 6.58 Å². The van der Waals surface area contributed by atoms with Gasteiger partial charge in [-0.25, -0.2) is 0 Å².